The third kappa shape index (κ3) is 4.81. The summed E-state index contributed by atoms with van der Waals surface area (Å²) in [6, 6.07) is 16.0. The highest BCUT2D eigenvalue weighted by Crippen LogP contribution is 2.33. The number of halogens is 1. The van der Waals surface area contributed by atoms with E-state index in [1.807, 2.05) is 49.5 Å². The minimum absolute atomic E-state index is 0.00883. The molecule has 1 aliphatic rings. The predicted molar refractivity (Wildman–Crippen MR) is 126 cm³/mol. The van der Waals surface area contributed by atoms with Gasteiger partial charge in [-0.25, -0.2) is 9.37 Å². The summed E-state index contributed by atoms with van der Waals surface area (Å²) in [7, 11) is 2.13. The number of piperidine rings is 1. The van der Waals surface area contributed by atoms with Crippen molar-refractivity contribution in [1.29, 1.82) is 0 Å². The molecule has 3 aromatic rings. The third-order valence-electron chi connectivity index (χ3n) is 6.30. The Hall–Kier alpha value is -3.25. The van der Waals surface area contributed by atoms with Crippen molar-refractivity contribution in [2.75, 3.05) is 25.9 Å². The normalized spacial score (nSPS) is 16.0. The highest BCUT2D eigenvalue weighted by molar-refractivity contribution is 5.95. The molecule has 1 aromatic heterocycles. The lowest BCUT2D eigenvalue weighted by Gasteiger charge is -2.29. The molecule has 1 fully saturated rings. The molecule has 0 bridgehead atoms. The van der Waals surface area contributed by atoms with Gasteiger partial charge in [0, 0.05) is 11.8 Å². The van der Waals surface area contributed by atoms with Crippen LogP contribution in [0.5, 0.6) is 0 Å². The van der Waals surface area contributed by atoms with Gasteiger partial charge in [-0.3, -0.25) is 4.79 Å². The van der Waals surface area contributed by atoms with Gasteiger partial charge < -0.3 is 16.0 Å². The van der Waals surface area contributed by atoms with E-state index in [9.17, 15) is 9.18 Å². The van der Waals surface area contributed by atoms with E-state index < -0.39 is 11.7 Å². The van der Waals surface area contributed by atoms with Gasteiger partial charge >= 0.3 is 0 Å². The van der Waals surface area contributed by atoms with Gasteiger partial charge in [0.15, 0.2) is 0 Å². The zero-order valence-electron chi connectivity index (χ0n) is 18.5. The zero-order chi connectivity index (χ0) is 22.7. The minimum Gasteiger partial charge on any atom is -0.383 e. The Morgan fingerprint density at radius 2 is 1.88 bits per heavy atom. The molecule has 2 heterocycles. The minimum atomic E-state index is -0.579. The Balaban J connectivity index is 1.54. The third-order valence-corrected chi connectivity index (χ3v) is 6.30. The number of amides is 1. The van der Waals surface area contributed by atoms with Gasteiger partial charge in [0.05, 0.1) is 11.6 Å². The maximum Gasteiger partial charge on any atom is 0.254 e. The summed E-state index contributed by atoms with van der Waals surface area (Å²) in [5.74, 6) is -0.246. The number of pyridine rings is 1. The molecule has 0 saturated carbocycles. The molecule has 166 valence electrons. The Bertz CT molecular complexity index is 1090. The van der Waals surface area contributed by atoms with E-state index in [0.29, 0.717) is 22.9 Å². The van der Waals surface area contributed by atoms with Crippen LogP contribution in [-0.2, 0) is 0 Å². The number of nitrogens with zero attached hydrogens (tertiary/aromatic N) is 2. The first-order valence-electron chi connectivity index (χ1n) is 11.0. The molecule has 3 N–H and O–H groups in total. The first-order chi connectivity index (χ1) is 15.4. The second-order valence-electron chi connectivity index (χ2n) is 8.58. The monoisotopic (exact) mass is 432 g/mol. The van der Waals surface area contributed by atoms with Crippen molar-refractivity contribution in [3.63, 3.8) is 0 Å². The van der Waals surface area contributed by atoms with Gasteiger partial charge in [0.2, 0.25) is 0 Å². The SMILES string of the molecule is C[C@@H](NC(=O)c1ccc(-c2cc(C3CCN(C)CC3)cnc2N)cc1F)c1ccccc1. The quantitative estimate of drug-likeness (QED) is 0.609. The Kier molecular flexibility index (Phi) is 6.51. The van der Waals surface area contributed by atoms with Crippen molar-refractivity contribution in [2.24, 2.45) is 0 Å². The Morgan fingerprint density at radius 1 is 1.16 bits per heavy atom. The average Bonchev–Trinajstić information content (AvgIpc) is 2.80. The summed E-state index contributed by atoms with van der Waals surface area (Å²) in [6.45, 7) is 3.97. The van der Waals surface area contributed by atoms with E-state index in [1.54, 1.807) is 6.07 Å². The van der Waals surface area contributed by atoms with Gasteiger partial charge in [-0.1, -0.05) is 36.4 Å². The van der Waals surface area contributed by atoms with Crippen LogP contribution in [0.25, 0.3) is 11.1 Å². The first kappa shape index (κ1) is 22.0. The molecule has 0 aliphatic carbocycles. The van der Waals surface area contributed by atoms with E-state index in [4.69, 9.17) is 5.73 Å². The van der Waals surface area contributed by atoms with Crippen LogP contribution in [0.4, 0.5) is 10.2 Å². The summed E-state index contributed by atoms with van der Waals surface area (Å²) in [5.41, 5.74) is 9.55. The van der Waals surface area contributed by atoms with E-state index in [0.717, 1.165) is 37.1 Å². The molecule has 0 unspecified atom stereocenters. The van der Waals surface area contributed by atoms with Crippen molar-refractivity contribution >= 4 is 11.7 Å². The molecule has 0 spiro atoms. The van der Waals surface area contributed by atoms with E-state index >= 15 is 0 Å². The molecule has 2 aromatic carbocycles. The van der Waals surface area contributed by atoms with E-state index in [1.165, 1.54) is 12.1 Å². The molecule has 32 heavy (non-hydrogen) atoms. The summed E-state index contributed by atoms with van der Waals surface area (Å²) >= 11 is 0. The fraction of sp³-hybridized carbons (Fsp3) is 0.308. The molecular formula is C26H29FN4O. The van der Waals surface area contributed by atoms with E-state index in [-0.39, 0.29) is 11.6 Å². The van der Waals surface area contributed by atoms with Crippen LogP contribution in [0, 0.1) is 5.82 Å². The van der Waals surface area contributed by atoms with Crippen LogP contribution in [0.15, 0.2) is 60.8 Å². The second kappa shape index (κ2) is 9.49. The number of carbonyl (C=O) groups excluding carboxylic acids is 1. The molecule has 1 saturated heterocycles. The largest absolute Gasteiger partial charge is 0.383 e. The Morgan fingerprint density at radius 3 is 2.56 bits per heavy atom. The average molecular weight is 433 g/mol. The maximum atomic E-state index is 14.9. The van der Waals surface area contributed by atoms with Crippen LogP contribution in [0.3, 0.4) is 0 Å². The van der Waals surface area contributed by atoms with Gasteiger partial charge in [0.1, 0.15) is 11.6 Å². The number of nitrogen functional groups attached to an aromatic ring is 1. The fourth-order valence-electron chi connectivity index (χ4n) is 4.25. The van der Waals surface area contributed by atoms with Crippen LogP contribution in [0.1, 0.15) is 53.2 Å². The van der Waals surface area contributed by atoms with Gasteiger partial charge in [-0.05, 0) is 80.7 Å². The lowest BCUT2D eigenvalue weighted by atomic mass is 9.89. The number of rotatable bonds is 5. The summed E-state index contributed by atoms with van der Waals surface area (Å²) in [6.07, 6.45) is 3.96. The number of benzene rings is 2. The molecule has 1 amide bonds. The van der Waals surface area contributed by atoms with Crippen molar-refractivity contribution in [3.8, 4) is 11.1 Å². The number of hydrogen-bond acceptors (Lipinski definition) is 4. The summed E-state index contributed by atoms with van der Waals surface area (Å²) in [4.78, 5) is 19.4. The predicted octanol–water partition coefficient (Wildman–Crippen LogP) is 4.77. The van der Waals surface area contributed by atoms with Crippen molar-refractivity contribution < 1.29 is 9.18 Å². The molecule has 5 nitrogen and oxygen atoms in total. The van der Waals surface area contributed by atoms with E-state index in [2.05, 4.69) is 22.2 Å². The van der Waals surface area contributed by atoms with Gasteiger partial charge in [-0.2, -0.15) is 0 Å². The molecule has 4 rings (SSSR count). The highest BCUT2D eigenvalue weighted by Gasteiger charge is 2.21. The van der Waals surface area contributed by atoms with Crippen LogP contribution >= 0.6 is 0 Å². The number of nitrogens with two attached hydrogens (primary N) is 1. The van der Waals surface area contributed by atoms with Crippen LogP contribution in [0.2, 0.25) is 0 Å². The number of nitrogens with one attached hydrogen (secondary N) is 1. The number of likely N-dealkylation sites (tertiary alicyclic amines) is 1. The highest BCUT2D eigenvalue weighted by atomic mass is 19.1. The smallest absolute Gasteiger partial charge is 0.254 e. The fourth-order valence-corrected chi connectivity index (χ4v) is 4.25. The van der Waals surface area contributed by atoms with Crippen molar-refractivity contribution in [2.45, 2.75) is 31.7 Å². The Labute approximate surface area is 188 Å². The topological polar surface area (TPSA) is 71.2 Å². The van der Waals surface area contributed by atoms with Gasteiger partial charge in [0.25, 0.3) is 5.91 Å². The maximum absolute atomic E-state index is 14.9. The zero-order valence-corrected chi connectivity index (χ0v) is 18.5. The number of carbonyl (C=O) groups is 1. The summed E-state index contributed by atoms with van der Waals surface area (Å²) < 4.78 is 14.9. The van der Waals surface area contributed by atoms with Crippen molar-refractivity contribution in [3.05, 3.63) is 83.3 Å². The lowest BCUT2D eigenvalue weighted by molar-refractivity contribution is 0.0936. The van der Waals surface area contributed by atoms with Crippen LogP contribution < -0.4 is 11.1 Å². The van der Waals surface area contributed by atoms with Crippen LogP contribution in [-0.4, -0.2) is 35.9 Å². The molecule has 1 atom stereocenters. The first-order valence-corrected chi connectivity index (χ1v) is 11.0. The number of aromatic nitrogens is 1. The number of hydrogen-bond donors (Lipinski definition) is 2. The molecule has 0 radical (unpaired) electrons. The second-order valence-corrected chi connectivity index (χ2v) is 8.58. The summed E-state index contributed by atoms with van der Waals surface area (Å²) in [5, 5.41) is 2.86. The number of anilines is 1. The molecule has 6 heteroatoms. The lowest BCUT2D eigenvalue weighted by Crippen LogP contribution is -2.29. The van der Waals surface area contributed by atoms with Gasteiger partial charge in [-0.15, -0.1) is 0 Å². The van der Waals surface area contributed by atoms with Crippen molar-refractivity contribution in [1.82, 2.24) is 15.2 Å². The standard InChI is InChI=1S/C26H29FN4O/c1-17(18-6-4-3-5-7-18)30-26(32)22-9-8-20(15-24(22)27)23-14-21(16-29-25(23)28)19-10-12-31(2)13-11-19/h3-9,14-17,19H,10-13H2,1-2H3,(H2,28,29)(H,30,32)/t17-/m1/s1. The molecule has 1 aliphatic heterocycles. The molecular weight excluding hydrogens is 403 g/mol.